The van der Waals surface area contributed by atoms with E-state index in [1.54, 1.807) is 4.90 Å². The molecular weight excluding hydrogens is 537 g/mol. The van der Waals surface area contributed by atoms with Gasteiger partial charge in [-0.3, -0.25) is 14.8 Å². The zero-order valence-electron chi connectivity index (χ0n) is 19.8. The van der Waals surface area contributed by atoms with E-state index in [-0.39, 0.29) is 5.91 Å². The molecule has 0 bridgehead atoms. The summed E-state index contributed by atoms with van der Waals surface area (Å²) in [7, 11) is 0. The fraction of sp³-hybridized carbons (Fsp3) is 0.0345. The largest absolute Gasteiger partial charge is 0.273 e. The standard InChI is InChI=1S/C29H19Cl2N5OS/c30-20-11-6-18(7-12-20)8-15-22-16-24(19-9-13-21(31)14-10-19)26-27(32-22)34-35-28(26)33-29-36(25(37)17-38-29)23-4-2-1-3-5-23/h1-16H,17H2,(H,32,34,35)/b15-8+,33-29?. The van der Waals surface area contributed by atoms with Crippen LogP contribution in [0, 0.1) is 0 Å². The van der Waals surface area contributed by atoms with Gasteiger partial charge in [0, 0.05) is 10.0 Å². The molecule has 1 saturated heterocycles. The number of aromatic nitrogens is 3. The van der Waals surface area contributed by atoms with Crippen molar-refractivity contribution >= 4 is 80.7 Å². The molecule has 1 amide bonds. The fourth-order valence-corrected chi connectivity index (χ4v) is 5.30. The van der Waals surface area contributed by atoms with Crippen molar-refractivity contribution in [2.45, 2.75) is 0 Å². The van der Waals surface area contributed by atoms with E-state index in [0.29, 0.717) is 32.4 Å². The van der Waals surface area contributed by atoms with Crippen LogP contribution in [0.4, 0.5) is 11.5 Å². The van der Waals surface area contributed by atoms with Gasteiger partial charge in [-0.1, -0.05) is 83.5 Å². The highest BCUT2D eigenvalue weighted by molar-refractivity contribution is 8.15. The number of hydrogen-bond donors (Lipinski definition) is 1. The van der Waals surface area contributed by atoms with Gasteiger partial charge in [0.25, 0.3) is 0 Å². The summed E-state index contributed by atoms with van der Waals surface area (Å²) >= 11 is 13.6. The molecule has 1 aliphatic rings. The Morgan fingerprint density at radius 2 is 1.63 bits per heavy atom. The number of H-pyrrole nitrogens is 1. The molecule has 186 valence electrons. The Morgan fingerprint density at radius 3 is 2.37 bits per heavy atom. The van der Waals surface area contributed by atoms with E-state index in [0.717, 1.165) is 33.5 Å². The minimum absolute atomic E-state index is 0.0227. The number of pyridine rings is 1. The number of aromatic amines is 1. The van der Waals surface area contributed by atoms with E-state index in [2.05, 4.69) is 10.2 Å². The van der Waals surface area contributed by atoms with Crippen molar-refractivity contribution in [3.63, 3.8) is 0 Å². The summed E-state index contributed by atoms with van der Waals surface area (Å²) in [5.41, 5.74) is 4.96. The lowest BCUT2D eigenvalue weighted by Gasteiger charge is -2.15. The van der Waals surface area contributed by atoms with Crippen LogP contribution < -0.4 is 4.90 Å². The molecule has 0 radical (unpaired) electrons. The minimum Gasteiger partial charge on any atom is -0.273 e. The first kappa shape index (κ1) is 24.4. The second kappa shape index (κ2) is 10.5. The quantitative estimate of drug-likeness (QED) is 0.239. The highest BCUT2D eigenvalue weighted by Gasteiger charge is 2.30. The Morgan fingerprint density at radius 1 is 0.921 bits per heavy atom. The Hall–Kier alpha value is -3.91. The van der Waals surface area contributed by atoms with Crippen molar-refractivity contribution in [2.24, 2.45) is 4.99 Å². The molecule has 0 atom stereocenters. The molecule has 2 aromatic heterocycles. The summed E-state index contributed by atoms with van der Waals surface area (Å²) in [6, 6.07) is 26.7. The number of halogens is 2. The monoisotopic (exact) mass is 555 g/mol. The normalized spacial score (nSPS) is 14.8. The molecule has 9 heteroatoms. The molecule has 1 fully saturated rings. The third-order valence-corrected chi connectivity index (χ3v) is 7.41. The van der Waals surface area contributed by atoms with Crippen LogP contribution in [-0.4, -0.2) is 32.0 Å². The lowest BCUT2D eigenvalue weighted by Crippen LogP contribution is -2.28. The summed E-state index contributed by atoms with van der Waals surface area (Å²) in [5.74, 6) is 0.757. The average Bonchev–Trinajstić information content (AvgIpc) is 3.52. The number of anilines is 1. The topological polar surface area (TPSA) is 74.2 Å². The van der Waals surface area contributed by atoms with Gasteiger partial charge in [-0.15, -0.1) is 0 Å². The number of nitrogens with one attached hydrogen (secondary N) is 1. The molecule has 0 aliphatic carbocycles. The number of hydrogen-bond acceptors (Lipinski definition) is 5. The molecule has 1 aliphatic heterocycles. The van der Waals surface area contributed by atoms with Crippen molar-refractivity contribution < 1.29 is 4.79 Å². The Bertz CT molecular complexity index is 1700. The molecule has 5 aromatic rings. The predicted molar refractivity (Wildman–Crippen MR) is 158 cm³/mol. The summed E-state index contributed by atoms with van der Waals surface area (Å²) in [5, 5.41) is 10.2. The summed E-state index contributed by atoms with van der Waals surface area (Å²) in [6.45, 7) is 0. The van der Waals surface area contributed by atoms with E-state index in [1.165, 1.54) is 11.8 Å². The maximum Gasteiger partial charge on any atom is 0.243 e. The fourth-order valence-electron chi connectivity index (χ4n) is 4.18. The number of amides is 1. The number of benzene rings is 3. The van der Waals surface area contributed by atoms with E-state index in [1.807, 2.05) is 97.1 Å². The van der Waals surface area contributed by atoms with Crippen LogP contribution in [0.3, 0.4) is 0 Å². The van der Waals surface area contributed by atoms with Gasteiger partial charge in [-0.2, -0.15) is 5.10 Å². The highest BCUT2D eigenvalue weighted by atomic mass is 35.5. The van der Waals surface area contributed by atoms with Gasteiger partial charge < -0.3 is 0 Å². The number of fused-ring (bicyclic) bond motifs is 1. The van der Waals surface area contributed by atoms with Crippen molar-refractivity contribution in [1.82, 2.24) is 15.2 Å². The third kappa shape index (κ3) is 4.96. The van der Waals surface area contributed by atoms with Crippen molar-refractivity contribution in [2.75, 3.05) is 10.7 Å². The van der Waals surface area contributed by atoms with E-state index < -0.39 is 0 Å². The van der Waals surface area contributed by atoms with Crippen molar-refractivity contribution in [1.29, 1.82) is 0 Å². The smallest absolute Gasteiger partial charge is 0.243 e. The van der Waals surface area contributed by atoms with Gasteiger partial charge in [-0.05, 0) is 65.2 Å². The summed E-state index contributed by atoms with van der Waals surface area (Å²) in [4.78, 5) is 24.0. The maximum atomic E-state index is 12.7. The van der Waals surface area contributed by atoms with Gasteiger partial charge in [0.05, 0.1) is 22.5 Å². The molecule has 1 N–H and O–H groups in total. The van der Waals surface area contributed by atoms with Gasteiger partial charge in [-0.25, -0.2) is 9.98 Å². The van der Waals surface area contributed by atoms with Gasteiger partial charge in [0.1, 0.15) is 0 Å². The number of thioether (sulfide) groups is 1. The van der Waals surface area contributed by atoms with Gasteiger partial charge in [0.15, 0.2) is 16.6 Å². The number of aliphatic imine (C=N–C) groups is 1. The zero-order valence-corrected chi connectivity index (χ0v) is 22.1. The second-order valence-corrected chi connectivity index (χ2v) is 10.3. The Labute approximate surface area is 233 Å². The van der Waals surface area contributed by atoms with Crippen LogP contribution >= 0.6 is 35.0 Å². The maximum absolute atomic E-state index is 12.7. The van der Waals surface area contributed by atoms with Crippen molar-refractivity contribution in [3.8, 4) is 11.1 Å². The average molecular weight is 556 g/mol. The highest BCUT2D eigenvalue weighted by Crippen LogP contribution is 2.37. The van der Waals surface area contributed by atoms with E-state index in [4.69, 9.17) is 33.2 Å². The summed E-state index contributed by atoms with van der Waals surface area (Å²) in [6.07, 6.45) is 3.92. The number of amidine groups is 1. The Kier molecular flexibility index (Phi) is 6.72. The van der Waals surface area contributed by atoms with Crippen molar-refractivity contribution in [3.05, 3.63) is 106 Å². The van der Waals surface area contributed by atoms with Crippen LogP contribution in [0.25, 0.3) is 34.3 Å². The van der Waals surface area contributed by atoms with E-state index >= 15 is 0 Å². The molecule has 3 heterocycles. The van der Waals surface area contributed by atoms with Crippen LogP contribution in [0.5, 0.6) is 0 Å². The zero-order chi connectivity index (χ0) is 26.1. The number of carbonyl (C=O) groups excluding carboxylic acids is 1. The first-order valence-corrected chi connectivity index (χ1v) is 13.5. The lowest BCUT2D eigenvalue weighted by molar-refractivity contribution is -0.115. The lowest BCUT2D eigenvalue weighted by atomic mass is 10.0. The molecule has 3 aromatic carbocycles. The predicted octanol–water partition coefficient (Wildman–Crippen LogP) is 7.87. The van der Waals surface area contributed by atoms with Crippen LogP contribution in [-0.2, 0) is 4.79 Å². The first-order chi connectivity index (χ1) is 18.5. The first-order valence-electron chi connectivity index (χ1n) is 11.7. The number of rotatable bonds is 5. The van der Waals surface area contributed by atoms with Crippen LogP contribution in [0.1, 0.15) is 11.3 Å². The molecular formula is C29H19Cl2N5OS. The van der Waals surface area contributed by atoms with E-state index in [9.17, 15) is 4.79 Å². The molecule has 6 nitrogen and oxygen atoms in total. The SMILES string of the molecule is O=C1CSC(=Nc2n[nH]c3nc(/C=C/c4ccc(Cl)cc4)cc(-c4ccc(Cl)cc4)c23)N1c1ccccc1. The van der Waals surface area contributed by atoms with Crippen LogP contribution in [0.15, 0.2) is 89.9 Å². The second-order valence-electron chi connectivity index (χ2n) is 8.51. The minimum atomic E-state index is -0.0227. The molecule has 0 saturated carbocycles. The third-order valence-electron chi connectivity index (χ3n) is 5.98. The summed E-state index contributed by atoms with van der Waals surface area (Å²) < 4.78 is 0. The van der Waals surface area contributed by atoms with Gasteiger partial charge in [0.2, 0.25) is 5.91 Å². The molecule has 0 spiro atoms. The number of nitrogens with zero attached hydrogens (tertiary/aromatic N) is 4. The molecule has 6 rings (SSSR count). The number of carbonyl (C=O) groups is 1. The van der Waals surface area contributed by atoms with Gasteiger partial charge >= 0.3 is 0 Å². The van der Waals surface area contributed by atoms with Crippen LogP contribution in [0.2, 0.25) is 10.0 Å². The molecule has 38 heavy (non-hydrogen) atoms. The number of para-hydroxylation sites is 1. The Balaban J connectivity index is 1.47. The molecule has 0 unspecified atom stereocenters.